The standard InChI is InChI=1S/C52H39NS/c1-51(2)45-18-9-7-14-39(45)41-26-24-36(30-47(41)51)53(37-25-27-42-40-15-8-10-19-46(40)52(3,4)48(42)31-37)35-22-20-32(21-23-35)38-16-11-17-43-44-28-33-12-5-6-13-34(33)29-49(44)54-50(38)43/h5-31H,1-4H3. The molecule has 0 atom stereocenters. The molecule has 0 saturated heterocycles. The highest BCUT2D eigenvalue weighted by Crippen LogP contribution is 2.53. The minimum atomic E-state index is -0.0895. The van der Waals surface area contributed by atoms with Crippen molar-refractivity contribution in [2.75, 3.05) is 4.90 Å². The van der Waals surface area contributed by atoms with Crippen molar-refractivity contribution >= 4 is 59.3 Å². The Morgan fingerprint density at radius 1 is 0.389 bits per heavy atom. The van der Waals surface area contributed by atoms with E-state index in [4.69, 9.17) is 0 Å². The molecule has 2 heteroatoms. The summed E-state index contributed by atoms with van der Waals surface area (Å²) >= 11 is 1.90. The minimum absolute atomic E-state index is 0.0895. The molecule has 0 bridgehead atoms. The van der Waals surface area contributed by atoms with Gasteiger partial charge >= 0.3 is 0 Å². The fraction of sp³-hybridized carbons (Fsp3) is 0.115. The topological polar surface area (TPSA) is 3.24 Å². The molecule has 9 aromatic rings. The van der Waals surface area contributed by atoms with Gasteiger partial charge in [0.15, 0.2) is 0 Å². The molecule has 0 radical (unpaired) electrons. The van der Waals surface area contributed by atoms with Gasteiger partial charge in [-0.2, -0.15) is 0 Å². The lowest BCUT2D eigenvalue weighted by Gasteiger charge is -2.30. The van der Waals surface area contributed by atoms with Crippen molar-refractivity contribution in [1.82, 2.24) is 0 Å². The Labute approximate surface area is 320 Å². The first-order valence-corrected chi connectivity index (χ1v) is 19.8. The third-order valence-corrected chi connectivity index (χ3v) is 13.7. The third-order valence-electron chi connectivity index (χ3n) is 12.5. The molecule has 8 aromatic carbocycles. The average Bonchev–Trinajstić information content (AvgIpc) is 3.76. The predicted octanol–water partition coefficient (Wildman–Crippen LogP) is 15.0. The van der Waals surface area contributed by atoms with Crippen LogP contribution in [0.4, 0.5) is 17.1 Å². The van der Waals surface area contributed by atoms with Gasteiger partial charge < -0.3 is 4.90 Å². The number of thiophene rings is 1. The summed E-state index contributed by atoms with van der Waals surface area (Å²) in [6, 6.07) is 61.5. The molecule has 0 spiro atoms. The smallest absolute Gasteiger partial charge is 0.0465 e. The number of hydrogen-bond acceptors (Lipinski definition) is 2. The number of benzene rings is 8. The number of hydrogen-bond donors (Lipinski definition) is 0. The second-order valence-electron chi connectivity index (χ2n) is 16.2. The molecule has 2 aliphatic rings. The summed E-state index contributed by atoms with van der Waals surface area (Å²) in [6.45, 7) is 9.47. The SMILES string of the molecule is CC1(C)c2ccccc2-c2ccc(N(c3ccc(-c4cccc5c4sc4cc6ccccc6cc45)cc3)c3ccc4c(c3)C(C)(C)c3ccccc3-4)cc21. The summed E-state index contributed by atoms with van der Waals surface area (Å²) in [4.78, 5) is 2.47. The molecule has 54 heavy (non-hydrogen) atoms. The van der Waals surface area contributed by atoms with Crippen molar-refractivity contribution in [1.29, 1.82) is 0 Å². The molecule has 1 heterocycles. The van der Waals surface area contributed by atoms with Gasteiger partial charge in [0.05, 0.1) is 0 Å². The van der Waals surface area contributed by atoms with Crippen molar-refractivity contribution in [3.63, 3.8) is 0 Å². The highest BCUT2D eigenvalue weighted by Gasteiger charge is 2.37. The first-order valence-electron chi connectivity index (χ1n) is 19.0. The molecule has 2 aliphatic carbocycles. The maximum absolute atomic E-state index is 2.47. The van der Waals surface area contributed by atoms with Crippen LogP contribution in [0.15, 0.2) is 164 Å². The summed E-state index contributed by atoms with van der Waals surface area (Å²) in [5, 5.41) is 5.24. The Bertz CT molecular complexity index is 2890. The Kier molecular flexibility index (Phi) is 6.59. The number of fused-ring (bicyclic) bond motifs is 10. The molecule has 0 N–H and O–H groups in total. The highest BCUT2D eigenvalue weighted by molar-refractivity contribution is 7.26. The average molecular weight is 710 g/mol. The summed E-state index contributed by atoms with van der Waals surface area (Å²) < 4.78 is 2.68. The first kappa shape index (κ1) is 31.6. The van der Waals surface area contributed by atoms with E-state index in [1.165, 1.54) is 98.0 Å². The van der Waals surface area contributed by atoms with E-state index in [0.717, 1.165) is 5.69 Å². The molecule has 1 nitrogen and oxygen atoms in total. The van der Waals surface area contributed by atoms with Crippen LogP contribution < -0.4 is 4.90 Å². The minimum Gasteiger partial charge on any atom is -0.310 e. The van der Waals surface area contributed by atoms with Crippen LogP contribution in [0, 0.1) is 0 Å². The van der Waals surface area contributed by atoms with Gasteiger partial charge in [-0.05, 0) is 115 Å². The van der Waals surface area contributed by atoms with Crippen LogP contribution in [0.5, 0.6) is 0 Å². The Hall–Kier alpha value is -5.96. The normalized spacial score (nSPS) is 14.6. The van der Waals surface area contributed by atoms with Gasteiger partial charge in [0, 0.05) is 48.1 Å². The number of rotatable bonds is 4. The van der Waals surface area contributed by atoms with Gasteiger partial charge in [0.2, 0.25) is 0 Å². The van der Waals surface area contributed by atoms with E-state index in [0.29, 0.717) is 0 Å². The predicted molar refractivity (Wildman–Crippen MR) is 232 cm³/mol. The maximum atomic E-state index is 2.47. The summed E-state index contributed by atoms with van der Waals surface area (Å²) in [7, 11) is 0. The lowest BCUT2D eigenvalue weighted by atomic mass is 9.82. The van der Waals surface area contributed by atoms with Crippen LogP contribution in [-0.2, 0) is 10.8 Å². The Morgan fingerprint density at radius 3 is 1.50 bits per heavy atom. The van der Waals surface area contributed by atoms with Gasteiger partial charge in [0.1, 0.15) is 0 Å². The van der Waals surface area contributed by atoms with Crippen LogP contribution in [0.1, 0.15) is 49.9 Å². The molecular formula is C52H39NS. The van der Waals surface area contributed by atoms with Crippen LogP contribution in [-0.4, -0.2) is 0 Å². The molecule has 0 amide bonds. The molecule has 0 unspecified atom stereocenters. The highest BCUT2D eigenvalue weighted by atomic mass is 32.1. The van der Waals surface area contributed by atoms with Crippen LogP contribution >= 0.6 is 11.3 Å². The van der Waals surface area contributed by atoms with Gasteiger partial charge in [-0.3, -0.25) is 0 Å². The monoisotopic (exact) mass is 709 g/mol. The van der Waals surface area contributed by atoms with Gasteiger partial charge in [-0.1, -0.05) is 143 Å². The van der Waals surface area contributed by atoms with E-state index < -0.39 is 0 Å². The van der Waals surface area contributed by atoms with E-state index in [1.807, 2.05) is 11.3 Å². The van der Waals surface area contributed by atoms with Crippen LogP contribution in [0.2, 0.25) is 0 Å². The van der Waals surface area contributed by atoms with Crippen molar-refractivity contribution in [2.24, 2.45) is 0 Å². The van der Waals surface area contributed by atoms with Gasteiger partial charge in [-0.15, -0.1) is 11.3 Å². The van der Waals surface area contributed by atoms with Crippen LogP contribution in [0.3, 0.4) is 0 Å². The van der Waals surface area contributed by atoms with E-state index in [9.17, 15) is 0 Å². The summed E-state index contributed by atoms with van der Waals surface area (Å²) in [5.74, 6) is 0. The zero-order chi connectivity index (χ0) is 36.3. The lowest BCUT2D eigenvalue weighted by Crippen LogP contribution is -2.18. The van der Waals surface area contributed by atoms with E-state index in [1.54, 1.807) is 0 Å². The van der Waals surface area contributed by atoms with Crippen molar-refractivity contribution in [2.45, 2.75) is 38.5 Å². The molecule has 0 saturated carbocycles. The largest absolute Gasteiger partial charge is 0.310 e. The Balaban J connectivity index is 1.06. The molecule has 0 fully saturated rings. The Morgan fingerprint density at radius 2 is 0.889 bits per heavy atom. The van der Waals surface area contributed by atoms with Gasteiger partial charge in [-0.25, -0.2) is 0 Å². The fourth-order valence-corrected chi connectivity index (χ4v) is 10.9. The maximum Gasteiger partial charge on any atom is 0.0465 e. The molecular weight excluding hydrogens is 671 g/mol. The zero-order valence-electron chi connectivity index (χ0n) is 30.9. The van der Waals surface area contributed by atoms with E-state index in [2.05, 4.69) is 196 Å². The fourth-order valence-electron chi connectivity index (χ4n) is 9.61. The molecule has 258 valence electrons. The molecule has 0 aliphatic heterocycles. The second-order valence-corrected chi connectivity index (χ2v) is 17.2. The quantitative estimate of drug-likeness (QED) is 0.176. The van der Waals surface area contributed by atoms with Crippen molar-refractivity contribution < 1.29 is 0 Å². The first-order chi connectivity index (χ1) is 26.3. The third kappa shape index (κ3) is 4.44. The number of nitrogens with zero attached hydrogens (tertiary/aromatic N) is 1. The number of anilines is 3. The zero-order valence-corrected chi connectivity index (χ0v) is 31.8. The summed E-state index contributed by atoms with van der Waals surface area (Å²) in [6.07, 6.45) is 0. The van der Waals surface area contributed by atoms with Crippen molar-refractivity contribution in [3.8, 4) is 33.4 Å². The summed E-state index contributed by atoms with van der Waals surface area (Å²) in [5.41, 5.74) is 16.8. The molecule has 11 rings (SSSR count). The molecule has 1 aromatic heterocycles. The van der Waals surface area contributed by atoms with Crippen LogP contribution in [0.25, 0.3) is 64.3 Å². The van der Waals surface area contributed by atoms with E-state index in [-0.39, 0.29) is 10.8 Å². The van der Waals surface area contributed by atoms with E-state index >= 15 is 0 Å². The second kappa shape index (κ2) is 11.3. The lowest BCUT2D eigenvalue weighted by molar-refractivity contribution is 0.660. The van der Waals surface area contributed by atoms with Gasteiger partial charge in [0.25, 0.3) is 0 Å². The van der Waals surface area contributed by atoms with Crippen molar-refractivity contribution in [3.05, 3.63) is 186 Å².